The van der Waals surface area contributed by atoms with Crippen molar-refractivity contribution in [3.05, 3.63) is 58.2 Å². The molecular formula is C20H23FN2O4. The number of carbonyl (C=O) groups excluding carboxylic acids is 3. The molecule has 0 bridgehead atoms. The number of aryl methyl sites for hydroxylation is 1. The third kappa shape index (κ3) is 3.92. The maximum atomic E-state index is 13.5. The fourth-order valence-corrected chi connectivity index (χ4v) is 3.16. The standard InChI is InChI=1S/C20H23FN2O4/c1-6-23(19(25)14-8-7-9-15(21)10-14)13(4)18(24)16-11(2)17(20(26)27-5)22-12(16)3/h7-10,13,22H,6H2,1-5H3. The Morgan fingerprint density at radius 1 is 1.26 bits per heavy atom. The molecule has 0 saturated heterocycles. The molecule has 2 rings (SSSR count). The van der Waals surface area contributed by atoms with E-state index in [1.165, 1.54) is 30.2 Å². The van der Waals surface area contributed by atoms with Crippen LogP contribution >= 0.6 is 0 Å². The Balaban J connectivity index is 2.36. The van der Waals surface area contributed by atoms with Gasteiger partial charge in [0.2, 0.25) is 0 Å². The van der Waals surface area contributed by atoms with Gasteiger partial charge in [-0.25, -0.2) is 9.18 Å². The maximum Gasteiger partial charge on any atom is 0.354 e. The van der Waals surface area contributed by atoms with E-state index in [2.05, 4.69) is 4.98 Å². The van der Waals surface area contributed by atoms with Crippen LogP contribution in [0.25, 0.3) is 0 Å². The zero-order valence-electron chi connectivity index (χ0n) is 16.1. The van der Waals surface area contributed by atoms with Crippen molar-refractivity contribution < 1.29 is 23.5 Å². The molecule has 0 aliphatic rings. The Hall–Kier alpha value is -2.96. The normalized spacial score (nSPS) is 11.8. The summed E-state index contributed by atoms with van der Waals surface area (Å²) in [5, 5.41) is 0. The zero-order valence-corrected chi connectivity index (χ0v) is 16.1. The summed E-state index contributed by atoms with van der Waals surface area (Å²) in [5.41, 5.74) is 1.75. The Morgan fingerprint density at radius 2 is 1.93 bits per heavy atom. The largest absolute Gasteiger partial charge is 0.464 e. The van der Waals surface area contributed by atoms with Gasteiger partial charge in [0.1, 0.15) is 11.5 Å². The minimum Gasteiger partial charge on any atom is -0.464 e. The van der Waals surface area contributed by atoms with Crippen LogP contribution in [0.1, 0.15) is 56.3 Å². The third-order valence-electron chi connectivity index (χ3n) is 4.59. The van der Waals surface area contributed by atoms with Gasteiger partial charge in [-0.1, -0.05) is 6.07 Å². The number of Topliss-reactive ketones (excluding diaryl/α,β-unsaturated/α-hetero) is 1. The van der Waals surface area contributed by atoms with Gasteiger partial charge in [-0.3, -0.25) is 9.59 Å². The number of hydrogen-bond acceptors (Lipinski definition) is 4. The van der Waals surface area contributed by atoms with Crippen LogP contribution in [-0.4, -0.2) is 47.2 Å². The molecule has 1 aromatic heterocycles. The van der Waals surface area contributed by atoms with Gasteiger partial charge in [0, 0.05) is 23.4 Å². The van der Waals surface area contributed by atoms with Crippen LogP contribution in [-0.2, 0) is 4.74 Å². The number of amides is 1. The fraction of sp³-hybridized carbons (Fsp3) is 0.350. The van der Waals surface area contributed by atoms with E-state index in [0.717, 1.165) is 6.07 Å². The number of H-pyrrole nitrogens is 1. The second-order valence-corrected chi connectivity index (χ2v) is 6.26. The number of ketones is 1. The van der Waals surface area contributed by atoms with Gasteiger partial charge >= 0.3 is 5.97 Å². The van der Waals surface area contributed by atoms with Gasteiger partial charge in [0.05, 0.1) is 13.2 Å². The highest BCUT2D eigenvalue weighted by atomic mass is 19.1. The van der Waals surface area contributed by atoms with Crippen LogP contribution in [0.5, 0.6) is 0 Å². The molecule has 6 nitrogen and oxygen atoms in total. The van der Waals surface area contributed by atoms with E-state index in [-0.39, 0.29) is 23.6 Å². The molecule has 1 N–H and O–H groups in total. The molecule has 144 valence electrons. The van der Waals surface area contributed by atoms with Crippen LogP contribution < -0.4 is 0 Å². The van der Waals surface area contributed by atoms with Crippen molar-refractivity contribution in [2.45, 2.75) is 33.7 Å². The molecule has 1 aromatic carbocycles. The third-order valence-corrected chi connectivity index (χ3v) is 4.59. The van der Waals surface area contributed by atoms with Crippen molar-refractivity contribution in [1.29, 1.82) is 0 Å². The second kappa shape index (κ2) is 8.16. The molecule has 0 aliphatic carbocycles. The number of aromatic amines is 1. The fourth-order valence-electron chi connectivity index (χ4n) is 3.16. The molecule has 27 heavy (non-hydrogen) atoms. The van der Waals surface area contributed by atoms with Crippen molar-refractivity contribution in [2.75, 3.05) is 13.7 Å². The van der Waals surface area contributed by atoms with Crippen LogP contribution in [0.4, 0.5) is 4.39 Å². The van der Waals surface area contributed by atoms with E-state index in [9.17, 15) is 18.8 Å². The summed E-state index contributed by atoms with van der Waals surface area (Å²) < 4.78 is 18.2. The summed E-state index contributed by atoms with van der Waals surface area (Å²) in [4.78, 5) is 41.9. The van der Waals surface area contributed by atoms with Gasteiger partial charge in [0.15, 0.2) is 5.78 Å². The van der Waals surface area contributed by atoms with Gasteiger partial charge in [-0.05, 0) is 51.5 Å². The quantitative estimate of drug-likeness (QED) is 0.622. The van der Waals surface area contributed by atoms with Crippen molar-refractivity contribution in [1.82, 2.24) is 9.88 Å². The first kappa shape index (κ1) is 20.4. The van der Waals surface area contributed by atoms with Crippen molar-refractivity contribution >= 4 is 17.7 Å². The minimum atomic E-state index is -0.788. The smallest absolute Gasteiger partial charge is 0.354 e. The second-order valence-electron chi connectivity index (χ2n) is 6.26. The molecule has 0 radical (unpaired) electrons. The van der Waals surface area contributed by atoms with Gasteiger partial charge < -0.3 is 14.6 Å². The highest BCUT2D eigenvalue weighted by Gasteiger charge is 2.31. The predicted molar refractivity (Wildman–Crippen MR) is 98.5 cm³/mol. The number of esters is 1. The first-order valence-corrected chi connectivity index (χ1v) is 8.61. The number of hydrogen-bond donors (Lipinski definition) is 1. The SMILES string of the molecule is CCN(C(=O)c1cccc(F)c1)C(C)C(=O)c1c(C)[nH]c(C(=O)OC)c1C. The topological polar surface area (TPSA) is 79.5 Å². The summed E-state index contributed by atoms with van der Waals surface area (Å²) in [6.45, 7) is 6.98. The number of nitrogens with zero attached hydrogens (tertiary/aromatic N) is 1. The Morgan fingerprint density at radius 3 is 2.48 bits per heavy atom. The van der Waals surface area contributed by atoms with Crippen LogP contribution in [0, 0.1) is 19.7 Å². The number of aromatic nitrogens is 1. The lowest BCUT2D eigenvalue weighted by molar-refractivity contribution is 0.0593. The lowest BCUT2D eigenvalue weighted by Crippen LogP contribution is -2.43. The maximum absolute atomic E-state index is 13.5. The lowest BCUT2D eigenvalue weighted by atomic mass is 9.99. The summed E-state index contributed by atoms with van der Waals surface area (Å²) in [6.07, 6.45) is 0. The summed E-state index contributed by atoms with van der Waals surface area (Å²) in [7, 11) is 1.26. The molecule has 1 amide bonds. The lowest BCUT2D eigenvalue weighted by Gasteiger charge is -2.27. The first-order valence-electron chi connectivity index (χ1n) is 8.61. The number of benzene rings is 1. The van der Waals surface area contributed by atoms with Gasteiger partial charge in [-0.15, -0.1) is 0 Å². The minimum absolute atomic E-state index is 0.175. The zero-order chi connectivity index (χ0) is 20.3. The first-order chi connectivity index (χ1) is 12.7. The number of likely N-dealkylation sites (N-methyl/N-ethyl adjacent to an activating group) is 1. The van der Waals surface area contributed by atoms with Crippen LogP contribution in [0.3, 0.4) is 0 Å². The molecular weight excluding hydrogens is 351 g/mol. The summed E-state index contributed by atoms with van der Waals surface area (Å²) in [5.74, 6) is -1.82. The van der Waals surface area contributed by atoms with E-state index < -0.39 is 23.7 Å². The van der Waals surface area contributed by atoms with Crippen molar-refractivity contribution in [2.24, 2.45) is 0 Å². The molecule has 7 heteroatoms. The monoisotopic (exact) mass is 374 g/mol. The van der Waals surface area contributed by atoms with Crippen molar-refractivity contribution in [3.8, 4) is 0 Å². The Bertz CT molecular complexity index is 888. The van der Waals surface area contributed by atoms with E-state index in [1.807, 2.05) is 0 Å². The Labute approximate surface area is 157 Å². The predicted octanol–water partition coefficient (Wildman–Crippen LogP) is 3.29. The van der Waals surface area contributed by atoms with Crippen LogP contribution in [0.2, 0.25) is 0 Å². The van der Waals surface area contributed by atoms with Crippen molar-refractivity contribution in [3.63, 3.8) is 0 Å². The van der Waals surface area contributed by atoms with E-state index in [0.29, 0.717) is 16.8 Å². The molecule has 1 unspecified atom stereocenters. The number of nitrogens with one attached hydrogen (secondary N) is 1. The molecule has 0 aliphatic heterocycles. The summed E-state index contributed by atoms with van der Waals surface area (Å²) >= 11 is 0. The number of ether oxygens (including phenoxy) is 1. The molecule has 0 fully saturated rings. The van der Waals surface area contributed by atoms with E-state index in [1.54, 1.807) is 27.7 Å². The van der Waals surface area contributed by atoms with E-state index >= 15 is 0 Å². The van der Waals surface area contributed by atoms with E-state index in [4.69, 9.17) is 4.74 Å². The molecule has 1 atom stereocenters. The number of halogens is 1. The number of methoxy groups -OCH3 is 1. The summed E-state index contributed by atoms with van der Waals surface area (Å²) in [6, 6.07) is 4.57. The molecule has 0 spiro atoms. The number of carbonyl (C=O) groups is 3. The molecule has 2 aromatic rings. The molecule has 1 heterocycles. The molecule has 0 saturated carbocycles. The van der Waals surface area contributed by atoms with Gasteiger partial charge in [0.25, 0.3) is 5.91 Å². The number of rotatable bonds is 6. The average molecular weight is 374 g/mol. The van der Waals surface area contributed by atoms with Crippen LogP contribution in [0.15, 0.2) is 24.3 Å². The van der Waals surface area contributed by atoms with Gasteiger partial charge in [-0.2, -0.15) is 0 Å². The Kier molecular flexibility index (Phi) is 6.15. The average Bonchev–Trinajstić information content (AvgIpc) is 2.95. The highest BCUT2D eigenvalue weighted by molar-refractivity contribution is 6.07. The highest BCUT2D eigenvalue weighted by Crippen LogP contribution is 2.22.